The van der Waals surface area contributed by atoms with Gasteiger partial charge < -0.3 is 9.47 Å². The molecule has 0 aliphatic carbocycles. The highest BCUT2D eigenvalue weighted by molar-refractivity contribution is 5.99. The van der Waals surface area contributed by atoms with E-state index >= 15 is 0 Å². The van der Waals surface area contributed by atoms with E-state index in [-0.39, 0.29) is 11.4 Å². The summed E-state index contributed by atoms with van der Waals surface area (Å²) in [5.41, 5.74) is 2.32. The predicted octanol–water partition coefficient (Wildman–Crippen LogP) is 2.85. The van der Waals surface area contributed by atoms with E-state index in [4.69, 9.17) is 9.47 Å². The third-order valence-corrected chi connectivity index (χ3v) is 2.51. The van der Waals surface area contributed by atoms with Crippen LogP contribution in [0.2, 0.25) is 0 Å². The van der Waals surface area contributed by atoms with Gasteiger partial charge in [0, 0.05) is 11.6 Å². The summed E-state index contributed by atoms with van der Waals surface area (Å²) >= 11 is 0. The number of methoxy groups -OCH3 is 1. The third-order valence-electron chi connectivity index (χ3n) is 2.51. The molecule has 0 unspecified atom stereocenters. The fraction of sp³-hybridized carbons (Fsp3) is 0.429. The van der Waals surface area contributed by atoms with Crippen LogP contribution in [0, 0.1) is 10.1 Å². The predicted molar refractivity (Wildman–Crippen MR) is 81.2 cm³/mol. The number of hydrazone groups is 1. The monoisotopic (exact) mass is 309 g/mol. The Morgan fingerprint density at radius 3 is 2.50 bits per heavy atom. The number of hydrogen-bond donors (Lipinski definition) is 1. The first kappa shape index (κ1) is 17.4. The zero-order chi connectivity index (χ0) is 16.9. The van der Waals surface area contributed by atoms with Crippen LogP contribution < -0.4 is 10.2 Å². The largest absolute Gasteiger partial charge is 0.490 e. The standard InChI is InChI=1S/C14H19N3O5/c1-9(15-16-13(18)22-14(2,3)4)10-6-7-12(21-5)11(8-10)17(19)20/h6-8H,1-5H3,(H,16,18)/b15-9-. The average Bonchev–Trinajstić information content (AvgIpc) is 2.42. The molecule has 0 spiro atoms. The van der Waals surface area contributed by atoms with Crippen molar-refractivity contribution in [3.8, 4) is 5.75 Å². The molecular formula is C14H19N3O5. The van der Waals surface area contributed by atoms with Gasteiger partial charge in [-0.25, -0.2) is 10.2 Å². The van der Waals surface area contributed by atoms with Gasteiger partial charge in [0.25, 0.3) is 0 Å². The highest BCUT2D eigenvalue weighted by atomic mass is 16.6. The molecule has 0 radical (unpaired) electrons. The number of rotatable bonds is 4. The van der Waals surface area contributed by atoms with Gasteiger partial charge in [-0.15, -0.1) is 0 Å². The summed E-state index contributed by atoms with van der Waals surface area (Å²) in [6.45, 7) is 6.81. The Hall–Kier alpha value is -2.64. The van der Waals surface area contributed by atoms with Gasteiger partial charge in [0.1, 0.15) is 5.60 Å². The van der Waals surface area contributed by atoms with E-state index in [1.807, 2.05) is 0 Å². The van der Waals surface area contributed by atoms with Gasteiger partial charge in [0.2, 0.25) is 0 Å². The minimum Gasteiger partial charge on any atom is -0.490 e. The van der Waals surface area contributed by atoms with Crippen molar-refractivity contribution < 1.29 is 19.2 Å². The van der Waals surface area contributed by atoms with Crippen molar-refractivity contribution in [3.63, 3.8) is 0 Å². The SMILES string of the molecule is COc1ccc(/C(C)=N\NC(=O)OC(C)(C)C)cc1[N+](=O)[O-]. The molecule has 0 aliphatic heterocycles. The Labute approximate surface area is 128 Å². The third kappa shape index (κ3) is 5.04. The maximum absolute atomic E-state index is 11.5. The molecule has 0 aliphatic rings. The van der Waals surface area contributed by atoms with Crippen molar-refractivity contribution in [2.75, 3.05) is 7.11 Å². The van der Waals surface area contributed by atoms with Gasteiger partial charge in [-0.05, 0) is 39.8 Å². The van der Waals surface area contributed by atoms with Crippen LogP contribution in [0.5, 0.6) is 5.75 Å². The van der Waals surface area contributed by atoms with Crippen LogP contribution in [0.4, 0.5) is 10.5 Å². The summed E-state index contributed by atoms with van der Waals surface area (Å²) in [7, 11) is 1.35. The molecule has 1 N–H and O–H groups in total. The molecular weight excluding hydrogens is 290 g/mol. The van der Waals surface area contributed by atoms with Gasteiger partial charge in [0.15, 0.2) is 5.75 Å². The minimum atomic E-state index is -0.699. The van der Waals surface area contributed by atoms with Gasteiger partial charge >= 0.3 is 11.8 Å². The highest BCUT2D eigenvalue weighted by Crippen LogP contribution is 2.27. The van der Waals surface area contributed by atoms with Crippen molar-refractivity contribution in [1.82, 2.24) is 5.43 Å². The molecule has 1 rings (SSSR count). The number of ether oxygens (including phenoxy) is 2. The van der Waals surface area contributed by atoms with E-state index in [2.05, 4.69) is 10.5 Å². The summed E-state index contributed by atoms with van der Waals surface area (Å²) in [6.07, 6.45) is -0.699. The molecule has 1 aromatic carbocycles. The average molecular weight is 309 g/mol. The van der Waals surface area contributed by atoms with Crippen LogP contribution in [0.3, 0.4) is 0 Å². The summed E-state index contributed by atoms with van der Waals surface area (Å²) < 4.78 is 9.96. The van der Waals surface area contributed by atoms with Gasteiger partial charge in [-0.2, -0.15) is 5.10 Å². The number of nitro benzene ring substituents is 1. The van der Waals surface area contributed by atoms with Crippen LogP contribution in [-0.4, -0.2) is 29.4 Å². The number of nitrogens with one attached hydrogen (secondary N) is 1. The zero-order valence-corrected chi connectivity index (χ0v) is 13.2. The topological polar surface area (TPSA) is 103 Å². The summed E-state index contributed by atoms with van der Waals surface area (Å²) in [5.74, 6) is 0.154. The van der Waals surface area contributed by atoms with Gasteiger partial charge in [-0.1, -0.05) is 0 Å². The Morgan fingerprint density at radius 1 is 1.36 bits per heavy atom. The van der Waals surface area contributed by atoms with Gasteiger partial charge in [0.05, 0.1) is 17.7 Å². The molecule has 0 aromatic heterocycles. The summed E-state index contributed by atoms with van der Waals surface area (Å²) in [5, 5.41) is 14.8. The number of carbonyl (C=O) groups excluding carboxylic acids is 1. The van der Waals surface area contributed by atoms with E-state index in [1.54, 1.807) is 33.8 Å². The molecule has 0 heterocycles. The molecule has 0 bridgehead atoms. The molecule has 120 valence electrons. The number of benzene rings is 1. The van der Waals surface area contributed by atoms with Crippen molar-refractivity contribution in [1.29, 1.82) is 0 Å². The van der Waals surface area contributed by atoms with E-state index in [0.29, 0.717) is 11.3 Å². The molecule has 8 nitrogen and oxygen atoms in total. The van der Waals surface area contributed by atoms with E-state index < -0.39 is 16.6 Å². The number of nitrogens with zero attached hydrogens (tertiary/aromatic N) is 2. The van der Waals surface area contributed by atoms with Crippen LogP contribution in [0.1, 0.15) is 33.3 Å². The van der Waals surface area contributed by atoms with E-state index in [1.165, 1.54) is 19.2 Å². The quantitative estimate of drug-likeness (QED) is 0.523. The second-order valence-electron chi connectivity index (χ2n) is 5.45. The Bertz CT molecular complexity index is 605. The number of carbonyl (C=O) groups is 1. The molecule has 0 fully saturated rings. The number of nitro groups is 1. The number of hydrogen-bond acceptors (Lipinski definition) is 6. The van der Waals surface area contributed by atoms with Crippen molar-refractivity contribution in [3.05, 3.63) is 33.9 Å². The zero-order valence-electron chi connectivity index (χ0n) is 13.2. The lowest BCUT2D eigenvalue weighted by Crippen LogP contribution is -2.30. The molecule has 0 saturated carbocycles. The van der Waals surface area contributed by atoms with Gasteiger partial charge in [-0.3, -0.25) is 10.1 Å². The Balaban J connectivity index is 2.91. The fourth-order valence-electron chi connectivity index (χ4n) is 1.55. The molecule has 1 aromatic rings. The Kier molecular flexibility index (Phi) is 5.44. The first-order valence-electron chi connectivity index (χ1n) is 6.50. The lowest BCUT2D eigenvalue weighted by atomic mass is 10.1. The van der Waals surface area contributed by atoms with E-state index in [0.717, 1.165) is 0 Å². The number of amides is 1. The Morgan fingerprint density at radius 2 is 2.00 bits per heavy atom. The van der Waals surface area contributed by atoms with Crippen LogP contribution in [0.25, 0.3) is 0 Å². The van der Waals surface area contributed by atoms with Crippen molar-refractivity contribution in [2.45, 2.75) is 33.3 Å². The summed E-state index contributed by atoms with van der Waals surface area (Å²) in [4.78, 5) is 21.9. The van der Waals surface area contributed by atoms with Crippen LogP contribution in [0.15, 0.2) is 23.3 Å². The second kappa shape index (κ2) is 6.88. The van der Waals surface area contributed by atoms with E-state index in [9.17, 15) is 14.9 Å². The maximum Gasteiger partial charge on any atom is 0.428 e. The highest BCUT2D eigenvalue weighted by Gasteiger charge is 2.17. The minimum absolute atomic E-state index is 0.154. The molecule has 0 saturated heterocycles. The van der Waals surface area contributed by atoms with Crippen molar-refractivity contribution >= 4 is 17.5 Å². The first-order valence-corrected chi connectivity index (χ1v) is 6.50. The fourth-order valence-corrected chi connectivity index (χ4v) is 1.55. The lowest BCUT2D eigenvalue weighted by Gasteiger charge is -2.18. The van der Waals surface area contributed by atoms with Crippen LogP contribution >= 0.6 is 0 Å². The van der Waals surface area contributed by atoms with Crippen LogP contribution in [-0.2, 0) is 4.74 Å². The summed E-state index contributed by atoms with van der Waals surface area (Å²) in [6, 6.07) is 4.41. The second-order valence-corrected chi connectivity index (χ2v) is 5.45. The molecule has 8 heteroatoms. The van der Waals surface area contributed by atoms with Crippen molar-refractivity contribution in [2.24, 2.45) is 5.10 Å². The lowest BCUT2D eigenvalue weighted by molar-refractivity contribution is -0.385. The smallest absolute Gasteiger partial charge is 0.428 e. The molecule has 22 heavy (non-hydrogen) atoms. The normalized spacial score (nSPS) is 11.8. The first-order chi connectivity index (χ1) is 10.1. The molecule has 1 amide bonds. The maximum atomic E-state index is 11.5. The molecule has 0 atom stereocenters.